The van der Waals surface area contributed by atoms with Crippen molar-refractivity contribution in [1.29, 1.82) is 0 Å². The van der Waals surface area contributed by atoms with Crippen molar-refractivity contribution in [3.05, 3.63) is 88.5 Å². The lowest BCUT2D eigenvalue weighted by molar-refractivity contribution is -0.132. The molecule has 1 saturated heterocycles. The number of aliphatic hydroxyl groups excluding tert-OH is 1. The molecule has 2 amide bonds. The molecule has 0 saturated carbocycles. The van der Waals surface area contributed by atoms with Crippen molar-refractivity contribution in [3.63, 3.8) is 0 Å². The van der Waals surface area contributed by atoms with Gasteiger partial charge in [0.05, 0.1) is 24.3 Å². The lowest BCUT2D eigenvalue weighted by Crippen LogP contribution is -2.29. The van der Waals surface area contributed by atoms with Gasteiger partial charge >= 0.3 is 0 Å². The molecule has 1 aliphatic heterocycles. The Morgan fingerprint density at radius 2 is 1.63 bits per heavy atom. The zero-order valence-electron chi connectivity index (χ0n) is 22.3. The van der Waals surface area contributed by atoms with Crippen LogP contribution in [0.4, 0.5) is 17.1 Å². The van der Waals surface area contributed by atoms with Gasteiger partial charge in [-0.15, -0.1) is 0 Å². The summed E-state index contributed by atoms with van der Waals surface area (Å²) in [6.45, 7) is 5.15. The van der Waals surface area contributed by atoms with Crippen LogP contribution in [0.15, 0.2) is 66.2 Å². The van der Waals surface area contributed by atoms with E-state index >= 15 is 0 Å². The van der Waals surface area contributed by atoms with Crippen LogP contribution in [0.3, 0.4) is 0 Å². The second-order valence-corrected chi connectivity index (χ2v) is 9.55. The topological polar surface area (TPSA) is 99.2 Å². The Hall–Kier alpha value is -4.59. The highest BCUT2D eigenvalue weighted by molar-refractivity contribution is 6.51. The number of benzene rings is 3. The fraction of sp³-hybridized carbons (Fsp3) is 0.233. The van der Waals surface area contributed by atoms with Crippen molar-refractivity contribution in [1.82, 2.24) is 0 Å². The van der Waals surface area contributed by atoms with Crippen LogP contribution in [-0.2, 0) is 14.4 Å². The van der Waals surface area contributed by atoms with E-state index in [9.17, 15) is 19.5 Å². The molecule has 0 aromatic heterocycles. The largest absolute Gasteiger partial charge is 0.507 e. The Balaban J connectivity index is 1.94. The first-order valence-corrected chi connectivity index (χ1v) is 12.1. The maximum Gasteiger partial charge on any atom is 0.300 e. The number of carbonyl (C=O) groups excluding carboxylic acids is 3. The van der Waals surface area contributed by atoms with E-state index in [0.29, 0.717) is 28.3 Å². The lowest BCUT2D eigenvalue weighted by atomic mass is 9.93. The molecule has 8 nitrogen and oxygen atoms in total. The van der Waals surface area contributed by atoms with Crippen LogP contribution >= 0.6 is 0 Å². The van der Waals surface area contributed by atoms with E-state index < -0.39 is 17.7 Å². The molecule has 0 radical (unpaired) electrons. The predicted molar refractivity (Wildman–Crippen MR) is 149 cm³/mol. The van der Waals surface area contributed by atoms with E-state index in [1.54, 1.807) is 30.3 Å². The maximum absolute atomic E-state index is 13.5. The normalized spacial score (nSPS) is 16.5. The highest BCUT2D eigenvalue weighted by atomic mass is 16.5. The summed E-state index contributed by atoms with van der Waals surface area (Å²) in [6.07, 6.45) is 0. The fourth-order valence-corrected chi connectivity index (χ4v) is 4.82. The molecule has 3 aromatic rings. The van der Waals surface area contributed by atoms with Crippen molar-refractivity contribution in [3.8, 4) is 5.75 Å². The number of methoxy groups -OCH3 is 1. The lowest BCUT2D eigenvalue weighted by Gasteiger charge is -2.26. The minimum absolute atomic E-state index is 0.0261. The molecule has 0 aliphatic carbocycles. The summed E-state index contributed by atoms with van der Waals surface area (Å²) in [5, 5.41) is 14.3. The van der Waals surface area contributed by atoms with Gasteiger partial charge in [0.25, 0.3) is 11.7 Å². The smallest absolute Gasteiger partial charge is 0.300 e. The number of nitrogens with zero attached hydrogens (tertiary/aromatic N) is 2. The monoisotopic (exact) mass is 513 g/mol. The van der Waals surface area contributed by atoms with Gasteiger partial charge in [-0.25, -0.2) is 0 Å². The number of aryl methyl sites for hydroxylation is 2. The van der Waals surface area contributed by atoms with E-state index in [-0.39, 0.29) is 17.2 Å². The third-order valence-corrected chi connectivity index (χ3v) is 6.51. The molecule has 196 valence electrons. The number of rotatable bonds is 6. The van der Waals surface area contributed by atoms with E-state index in [2.05, 4.69) is 5.32 Å². The van der Waals surface area contributed by atoms with Crippen molar-refractivity contribution in [2.75, 3.05) is 36.3 Å². The van der Waals surface area contributed by atoms with Crippen LogP contribution in [0, 0.1) is 13.8 Å². The number of aliphatic hydroxyl groups is 1. The van der Waals surface area contributed by atoms with Crippen LogP contribution in [0.1, 0.15) is 35.2 Å². The summed E-state index contributed by atoms with van der Waals surface area (Å²) < 4.78 is 5.57. The highest BCUT2D eigenvalue weighted by Gasteiger charge is 2.47. The number of anilines is 3. The number of hydrogen-bond acceptors (Lipinski definition) is 6. The van der Waals surface area contributed by atoms with Crippen molar-refractivity contribution < 1.29 is 24.2 Å². The Bertz CT molecular complexity index is 1440. The molecule has 4 rings (SSSR count). The van der Waals surface area contributed by atoms with E-state index in [0.717, 1.165) is 16.8 Å². The summed E-state index contributed by atoms with van der Waals surface area (Å²) in [5.41, 5.74) is 4.61. The van der Waals surface area contributed by atoms with Crippen molar-refractivity contribution in [2.45, 2.75) is 26.8 Å². The zero-order chi connectivity index (χ0) is 27.7. The van der Waals surface area contributed by atoms with Crippen LogP contribution in [0.2, 0.25) is 0 Å². The van der Waals surface area contributed by atoms with Crippen LogP contribution in [-0.4, -0.2) is 43.9 Å². The third kappa shape index (κ3) is 4.85. The molecule has 8 heteroatoms. The van der Waals surface area contributed by atoms with E-state index in [1.165, 1.54) is 18.9 Å². The second kappa shape index (κ2) is 10.4. The molecule has 1 aliphatic rings. The first-order chi connectivity index (χ1) is 18.0. The van der Waals surface area contributed by atoms with Gasteiger partial charge in [-0.3, -0.25) is 19.3 Å². The minimum atomic E-state index is -0.886. The molecule has 1 heterocycles. The summed E-state index contributed by atoms with van der Waals surface area (Å²) in [7, 11) is 5.34. The van der Waals surface area contributed by atoms with Gasteiger partial charge < -0.3 is 20.1 Å². The van der Waals surface area contributed by atoms with Gasteiger partial charge in [0.15, 0.2) is 0 Å². The van der Waals surface area contributed by atoms with Crippen molar-refractivity contribution in [2.24, 2.45) is 0 Å². The Kier molecular flexibility index (Phi) is 7.26. The zero-order valence-corrected chi connectivity index (χ0v) is 22.3. The summed E-state index contributed by atoms with van der Waals surface area (Å²) in [6, 6.07) is 16.9. The number of nitrogens with one attached hydrogen (secondary N) is 1. The minimum Gasteiger partial charge on any atom is -0.507 e. The molecule has 38 heavy (non-hydrogen) atoms. The van der Waals surface area contributed by atoms with Crippen LogP contribution < -0.4 is 19.9 Å². The van der Waals surface area contributed by atoms with Gasteiger partial charge in [-0.1, -0.05) is 18.2 Å². The Labute approximate surface area is 222 Å². The van der Waals surface area contributed by atoms with Gasteiger partial charge in [0, 0.05) is 38.1 Å². The fourth-order valence-electron chi connectivity index (χ4n) is 4.82. The number of Topliss-reactive ketones (excluding diaryl/α,β-unsaturated/α-hetero) is 1. The molecule has 1 atom stereocenters. The number of ketones is 1. The number of amides is 2. The van der Waals surface area contributed by atoms with Gasteiger partial charge in [0.1, 0.15) is 11.5 Å². The quantitative estimate of drug-likeness (QED) is 0.275. The van der Waals surface area contributed by atoms with Crippen LogP contribution in [0.25, 0.3) is 5.76 Å². The molecule has 1 unspecified atom stereocenters. The van der Waals surface area contributed by atoms with E-state index in [1.807, 2.05) is 63.2 Å². The number of hydrogen-bond donors (Lipinski definition) is 2. The summed E-state index contributed by atoms with van der Waals surface area (Å²) in [5.74, 6) is -1.64. The Morgan fingerprint density at radius 1 is 1.00 bits per heavy atom. The first kappa shape index (κ1) is 26.5. The summed E-state index contributed by atoms with van der Waals surface area (Å²) in [4.78, 5) is 41.8. The van der Waals surface area contributed by atoms with Gasteiger partial charge in [-0.2, -0.15) is 0 Å². The molecule has 2 N–H and O–H groups in total. The number of ether oxygens (including phenoxy) is 1. The molecular formula is C30H31N3O5. The Morgan fingerprint density at radius 3 is 2.18 bits per heavy atom. The molecule has 3 aromatic carbocycles. The molecule has 1 fully saturated rings. The van der Waals surface area contributed by atoms with Crippen molar-refractivity contribution >= 4 is 40.4 Å². The molecule has 0 bridgehead atoms. The average molecular weight is 514 g/mol. The maximum atomic E-state index is 13.5. The average Bonchev–Trinajstić information content (AvgIpc) is 3.13. The third-order valence-electron chi connectivity index (χ3n) is 6.51. The second-order valence-electron chi connectivity index (χ2n) is 9.55. The number of carbonyl (C=O) groups is 3. The van der Waals surface area contributed by atoms with Crippen LogP contribution in [0.5, 0.6) is 5.75 Å². The first-order valence-electron chi connectivity index (χ1n) is 12.1. The van der Waals surface area contributed by atoms with Gasteiger partial charge in [0.2, 0.25) is 5.91 Å². The molecular weight excluding hydrogens is 482 g/mol. The standard InChI is InChI=1S/C30H31N3O5/c1-17-15-18(2)29(38-6)24(16-17)27(35)25-26(20-7-11-22(12-8-20)32(4)5)33(30(37)28(25)36)23-13-9-21(10-14-23)31-19(3)34/h7-16,26,35H,1-6H3,(H,31,34)/b27-25+. The predicted octanol–water partition coefficient (Wildman–Crippen LogP) is 4.96. The molecule has 0 spiro atoms. The van der Waals surface area contributed by atoms with Gasteiger partial charge in [-0.05, 0) is 73.0 Å². The van der Waals surface area contributed by atoms with E-state index in [4.69, 9.17) is 4.74 Å². The highest BCUT2D eigenvalue weighted by Crippen LogP contribution is 2.44. The summed E-state index contributed by atoms with van der Waals surface area (Å²) >= 11 is 0. The SMILES string of the molecule is COc1c(C)cc(C)cc1/C(O)=C1\C(=O)C(=O)N(c2ccc(NC(C)=O)cc2)C1c1ccc(N(C)C)cc1.